The smallest absolute Gasteiger partial charge is 0.264 e. The topological polar surface area (TPSA) is 96.0 Å². The van der Waals surface area contributed by atoms with Gasteiger partial charge in [-0.1, -0.05) is 56.0 Å². The number of nitrogens with one attached hydrogen (secondary N) is 1. The summed E-state index contributed by atoms with van der Waals surface area (Å²) in [7, 11) is -2.79. The van der Waals surface area contributed by atoms with Gasteiger partial charge in [0.25, 0.3) is 10.0 Å². The molecule has 1 atom stereocenters. The lowest BCUT2D eigenvalue weighted by Crippen LogP contribution is -2.54. The van der Waals surface area contributed by atoms with E-state index in [1.165, 1.54) is 48.4 Å². The molecule has 43 heavy (non-hydrogen) atoms. The zero-order chi connectivity index (χ0) is 31.0. The molecule has 1 N–H and O–H groups in total. The number of aryl methyl sites for hydroxylation is 1. The molecule has 3 aromatic rings. The minimum Gasteiger partial charge on any atom is -0.497 e. The van der Waals surface area contributed by atoms with E-state index in [1.54, 1.807) is 0 Å². The van der Waals surface area contributed by atoms with Gasteiger partial charge in [-0.2, -0.15) is 0 Å². The molecule has 0 aromatic heterocycles. The molecule has 8 nitrogen and oxygen atoms in total. The summed E-state index contributed by atoms with van der Waals surface area (Å²) in [5, 5.41) is 3.14. The first kappa shape index (κ1) is 32.0. The number of rotatable bonds is 12. The summed E-state index contributed by atoms with van der Waals surface area (Å²) in [4.78, 5) is 29.2. The van der Waals surface area contributed by atoms with E-state index < -0.39 is 34.3 Å². The third-order valence-electron chi connectivity index (χ3n) is 7.85. The van der Waals surface area contributed by atoms with Crippen LogP contribution >= 0.6 is 0 Å². The number of anilines is 1. The van der Waals surface area contributed by atoms with Crippen molar-refractivity contribution in [3.8, 4) is 5.75 Å². The predicted molar refractivity (Wildman–Crippen MR) is 165 cm³/mol. The van der Waals surface area contributed by atoms with Crippen molar-refractivity contribution in [3.05, 3.63) is 89.7 Å². The number of hydrogen-bond donors (Lipinski definition) is 1. The molecule has 1 aliphatic carbocycles. The van der Waals surface area contributed by atoms with Gasteiger partial charge in [0.15, 0.2) is 0 Å². The van der Waals surface area contributed by atoms with Crippen LogP contribution in [0.3, 0.4) is 0 Å². The van der Waals surface area contributed by atoms with E-state index in [4.69, 9.17) is 4.74 Å². The monoisotopic (exact) mass is 609 g/mol. The second-order valence-corrected chi connectivity index (χ2v) is 12.8. The quantitative estimate of drug-likeness (QED) is 0.289. The lowest BCUT2D eigenvalue weighted by atomic mass is 9.95. The van der Waals surface area contributed by atoms with Crippen molar-refractivity contribution in [3.63, 3.8) is 0 Å². The Morgan fingerprint density at radius 2 is 1.58 bits per heavy atom. The number of halogens is 1. The van der Waals surface area contributed by atoms with Crippen molar-refractivity contribution >= 4 is 27.5 Å². The van der Waals surface area contributed by atoms with Gasteiger partial charge in [-0.05, 0) is 80.3 Å². The first-order valence-corrected chi connectivity index (χ1v) is 16.1. The van der Waals surface area contributed by atoms with Crippen LogP contribution in [0.2, 0.25) is 0 Å². The Bertz CT molecular complexity index is 1470. The molecule has 0 spiro atoms. The summed E-state index contributed by atoms with van der Waals surface area (Å²) >= 11 is 0. The highest BCUT2D eigenvalue weighted by Crippen LogP contribution is 2.27. The molecule has 0 bridgehead atoms. The average molecular weight is 610 g/mol. The maximum atomic E-state index is 14.2. The van der Waals surface area contributed by atoms with E-state index in [-0.39, 0.29) is 29.1 Å². The number of amides is 2. The first-order valence-electron chi connectivity index (χ1n) is 14.7. The Hall–Kier alpha value is -3.92. The minimum absolute atomic E-state index is 0.0535. The van der Waals surface area contributed by atoms with Crippen molar-refractivity contribution in [2.75, 3.05) is 18.0 Å². The average Bonchev–Trinajstić information content (AvgIpc) is 3.01. The number of sulfonamides is 1. The standard InChI is InChI=1S/C33H40FN3O5S/c1-4-31(33(39)35-27-8-6-5-7-9-27)36(22-25-12-10-24(2)11-13-25)32(38)23-37(28-16-14-26(34)15-17-28)43(40,41)30-20-18-29(42-3)19-21-30/h10-21,27,31H,4-9,22-23H2,1-3H3,(H,35,39)/t31-/m0/s1. The second kappa shape index (κ2) is 14.5. The molecular weight excluding hydrogens is 569 g/mol. The number of carbonyl (C=O) groups is 2. The van der Waals surface area contributed by atoms with Crippen LogP contribution in [-0.4, -0.2) is 50.9 Å². The van der Waals surface area contributed by atoms with Gasteiger partial charge in [-0.25, -0.2) is 12.8 Å². The number of ether oxygens (including phenoxy) is 1. The lowest BCUT2D eigenvalue weighted by Gasteiger charge is -2.34. The van der Waals surface area contributed by atoms with E-state index >= 15 is 0 Å². The molecule has 0 saturated heterocycles. The maximum absolute atomic E-state index is 14.2. The van der Waals surface area contributed by atoms with Crippen molar-refractivity contribution in [2.24, 2.45) is 0 Å². The highest BCUT2D eigenvalue weighted by atomic mass is 32.2. The molecular formula is C33H40FN3O5S. The van der Waals surface area contributed by atoms with Gasteiger partial charge in [0.05, 0.1) is 17.7 Å². The molecule has 0 unspecified atom stereocenters. The lowest BCUT2D eigenvalue weighted by molar-refractivity contribution is -0.140. The van der Waals surface area contributed by atoms with Crippen molar-refractivity contribution in [1.29, 1.82) is 0 Å². The van der Waals surface area contributed by atoms with E-state index in [2.05, 4.69) is 5.32 Å². The van der Waals surface area contributed by atoms with E-state index in [0.717, 1.165) is 59.7 Å². The van der Waals surface area contributed by atoms with Crippen LogP contribution in [0.1, 0.15) is 56.6 Å². The van der Waals surface area contributed by atoms with Crippen molar-refractivity contribution in [2.45, 2.75) is 75.9 Å². The second-order valence-electron chi connectivity index (χ2n) is 10.9. The fourth-order valence-electron chi connectivity index (χ4n) is 5.36. The van der Waals surface area contributed by atoms with Crippen LogP contribution in [0, 0.1) is 12.7 Å². The first-order chi connectivity index (χ1) is 20.6. The normalized spacial score (nSPS) is 14.5. The molecule has 1 saturated carbocycles. The number of benzene rings is 3. The van der Waals surface area contributed by atoms with Crippen LogP contribution < -0.4 is 14.4 Å². The summed E-state index contributed by atoms with van der Waals surface area (Å²) in [6.07, 6.45) is 5.37. The number of hydrogen-bond acceptors (Lipinski definition) is 5. The molecule has 1 fully saturated rings. The highest BCUT2D eigenvalue weighted by molar-refractivity contribution is 7.92. The Morgan fingerprint density at radius 1 is 0.953 bits per heavy atom. The molecule has 1 aliphatic rings. The fraction of sp³-hybridized carbons (Fsp3) is 0.394. The molecule has 10 heteroatoms. The number of methoxy groups -OCH3 is 1. The minimum atomic E-state index is -4.27. The zero-order valence-corrected chi connectivity index (χ0v) is 25.8. The van der Waals surface area contributed by atoms with Crippen LogP contribution in [0.15, 0.2) is 77.7 Å². The van der Waals surface area contributed by atoms with Crippen molar-refractivity contribution < 1.29 is 27.1 Å². The Balaban J connectivity index is 1.69. The summed E-state index contributed by atoms with van der Waals surface area (Å²) in [6.45, 7) is 3.34. The molecule has 3 aromatic carbocycles. The van der Waals surface area contributed by atoms with Gasteiger partial charge in [0.2, 0.25) is 11.8 Å². The van der Waals surface area contributed by atoms with Crippen LogP contribution in [-0.2, 0) is 26.2 Å². The largest absolute Gasteiger partial charge is 0.497 e. The summed E-state index contributed by atoms with van der Waals surface area (Å²) in [5.74, 6) is -0.862. The molecule has 0 radical (unpaired) electrons. The number of carbonyl (C=O) groups excluding carboxylic acids is 2. The predicted octanol–water partition coefficient (Wildman–Crippen LogP) is 5.59. The Labute approximate surface area is 253 Å². The van der Waals surface area contributed by atoms with E-state index in [1.807, 2.05) is 38.1 Å². The van der Waals surface area contributed by atoms with Gasteiger partial charge >= 0.3 is 0 Å². The Kier molecular flexibility index (Phi) is 10.8. The van der Waals surface area contributed by atoms with E-state index in [0.29, 0.717) is 12.2 Å². The fourth-order valence-corrected chi connectivity index (χ4v) is 6.78. The van der Waals surface area contributed by atoms with Gasteiger partial charge < -0.3 is 15.0 Å². The van der Waals surface area contributed by atoms with E-state index in [9.17, 15) is 22.4 Å². The highest BCUT2D eigenvalue weighted by Gasteiger charge is 2.34. The molecule has 0 heterocycles. The third-order valence-corrected chi connectivity index (χ3v) is 9.64. The van der Waals surface area contributed by atoms with Gasteiger partial charge in [-0.3, -0.25) is 13.9 Å². The van der Waals surface area contributed by atoms with Gasteiger partial charge in [-0.15, -0.1) is 0 Å². The summed E-state index contributed by atoms with van der Waals surface area (Å²) < 4.78 is 47.9. The third kappa shape index (κ3) is 8.13. The summed E-state index contributed by atoms with van der Waals surface area (Å²) in [6, 6.07) is 17.7. The van der Waals surface area contributed by atoms with Crippen LogP contribution in [0.4, 0.5) is 10.1 Å². The van der Waals surface area contributed by atoms with Crippen LogP contribution in [0.5, 0.6) is 5.75 Å². The SMILES string of the molecule is CC[C@@H](C(=O)NC1CCCCC1)N(Cc1ccc(C)cc1)C(=O)CN(c1ccc(F)cc1)S(=O)(=O)c1ccc(OC)cc1. The molecule has 2 amide bonds. The van der Waals surface area contributed by atoms with Gasteiger partial charge in [0.1, 0.15) is 24.2 Å². The van der Waals surface area contributed by atoms with Crippen LogP contribution in [0.25, 0.3) is 0 Å². The molecule has 4 rings (SSSR count). The zero-order valence-electron chi connectivity index (χ0n) is 25.0. The molecule has 0 aliphatic heterocycles. The Morgan fingerprint density at radius 3 is 2.16 bits per heavy atom. The van der Waals surface area contributed by atoms with Crippen molar-refractivity contribution in [1.82, 2.24) is 10.2 Å². The maximum Gasteiger partial charge on any atom is 0.264 e. The summed E-state index contributed by atoms with van der Waals surface area (Å²) in [5.41, 5.74) is 1.99. The number of nitrogens with zero attached hydrogens (tertiary/aromatic N) is 2. The van der Waals surface area contributed by atoms with Gasteiger partial charge in [0, 0.05) is 12.6 Å². The molecule has 230 valence electrons.